The van der Waals surface area contributed by atoms with E-state index >= 15 is 0 Å². The fourth-order valence-corrected chi connectivity index (χ4v) is 6.47. The van der Waals surface area contributed by atoms with Gasteiger partial charge >= 0.3 is 5.97 Å². The van der Waals surface area contributed by atoms with E-state index in [0.29, 0.717) is 41.0 Å². The van der Waals surface area contributed by atoms with Crippen molar-refractivity contribution in [1.82, 2.24) is 5.32 Å². The molecule has 1 amide bonds. The number of ether oxygens (including phenoxy) is 3. The molecule has 13 heteroatoms. The van der Waals surface area contributed by atoms with Crippen molar-refractivity contribution < 1.29 is 46.1 Å². The number of nitrogens with zero attached hydrogens (tertiary/aromatic N) is 1. The second-order valence-corrected chi connectivity index (χ2v) is 13.6. The number of benzene rings is 3. The molecule has 0 bridgehead atoms. The summed E-state index contributed by atoms with van der Waals surface area (Å²) in [6.07, 6.45) is 2.91. The van der Waals surface area contributed by atoms with Crippen LogP contribution in [0.1, 0.15) is 56.2 Å². The zero-order valence-corrected chi connectivity index (χ0v) is 27.9. The number of rotatable bonds is 17. The van der Waals surface area contributed by atoms with Gasteiger partial charge in [-0.05, 0) is 84.8 Å². The number of fused-ring (bicyclic) bond motifs is 1. The van der Waals surface area contributed by atoms with E-state index in [2.05, 4.69) is 5.32 Å². The molecular formula is C35H39FN2O9S. The topological polar surface area (TPSA) is 145 Å². The molecule has 1 fully saturated rings. The lowest BCUT2D eigenvalue weighted by Gasteiger charge is -2.25. The zero-order valence-electron chi connectivity index (χ0n) is 27.1. The van der Waals surface area contributed by atoms with Crippen LogP contribution in [0.2, 0.25) is 0 Å². The molecule has 0 unspecified atom stereocenters. The Morgan fingerprint density at radius 1 is 0.979 bits per heavy atom. The summed E-state index contributed by atoms with van der Waals surface area (Å²) in [6.45, 7) is 3.37. The summed E-state index contributed by atoms with van der Waals surface area (Å²) in [5.41, 5.74) is 4.25. The number of carbonyl (C=O) groups excluding carboxylic acids is 1. The maximum absolute atomic E-state index is 13.7. The third-order valence-electron chi connectivity index (χ3n) is 7.92. The quantitative estimate of drug-likeness (QED) is 0.138. The molecule has 11 nitrogen and oxygen atoms in total. The van der Waals surface area contributed by atoms with E-state index in [4.69, 9.17) is 18.6 Å². The van der Waals surface area contributed by atoms with Gasteiger partial charge in [-0.1, -0.05) is 6.07 Å². The van der Waals surface area contributed by atoms with Gasteiger partial charge in [0.15, 0.2) is 0 Å². The van der Waals surface area contributed by atoms with Crippen molar-refractivity contribution >= 4 is 38.6 Å². The van der Waals surface area contributed by atoms with E-state index in [1.54, 1.807) is 18.2 Å². The molecule has 2 N–H and O–H groups in total. The Labute approximate surface area is 278 Å². The summed E-state index contributed by atoms with van der Waals surface area (Å²) in [7, 11) is -2.21. The van der Waals surface area contributed by atoms with Crippen LogP contribution in [0, 0.1) is 12.7 Å². The number of hydrogen-bond donors (Lipinski definition) is 2. The van der Waals surface area contributed by atoms with Crippen molar-refractivity contribution in [3.8, 4) is 11.3 Å². The van der Waals surface area contributed by atoms with E-state index in [0.717, 1.165) is 35.8 Å². The largest absolute Gasteiger partial charge is 0.478 e. The first-order chi connectivity index (χ1) is 23.0. The standard InChI is InChI=1S/C35H39FN2O9S/c1-22-16-23(18-26(17-22)35(40)41)21-46-15-14-45-13-12-44-11-10-38(48(3,42)43)30-20-31-29(19-28(30)24-4-5-24)32(34(39)37-2)33(47-31)25-6-8-27(36)9-7-25/h6-9,16-20,24H,4-5,10-15,21H2,1-3H3,(H,37,39)(H,40,41). The van der Waals surface area contributed by atoms with Crippen molar-refractivity contribution in [2.24, 2.45) is 0 Å². The van der Waals surface area contributed by atoms with Crippen molar-refractivity contribution in [3.05, 3.63) is 88.2 Å². The predicted octanol–water partition coefficient (Wildman–Crippen LogP) is 5.50. The van der Waals surface area contributed by atoms with Crippen molar-refractivity contribution in [2.75, 3.05) is 57.2 Å². The molecular weight excluding hydrogens is 643 g/mol. The van der Waals surface area contributed by atoms with Crippen LogP contribution in [0.15, 0.2) is 59.0 Å². The molecule has 0 atom stereocenters. The Kier molecular flexibility index (Phi) is 11.2. The molecule has 1 heterocycles. The molecule has 256 valence electrons. The lowest BCUT2D eigenvalue weighted by Crippen LogP contribution is -2.34. The summed E-state index contributed by atoms with van der Waals surface area (Å²) in [5.74, 6) is -1.37. The maximum Gasteiger partial charge on any atom is 0.335 e. The Bertz CT molecular complexity index is 1890. The first-order valence-electron chi connectivity index (χ1n) is 15.6. The highest BCUT2D eigenvalue weighted by Gasteiger charge is 2.33. The molecule has 1 aliphatic carbocycles. The van der Waals surface area contributed by atoms with E-state index in [1.807, 2.05) is 19.1 Å². The Balaban J connectivity index is 1.21. The Hall–Kier alpha value is -4.30. The minimum absolute atomic E-state index is 0.0514. The third kappa shape index (κ3) is 8.58. The predicted molar refractivity (Wildman–Crippen MR) is 179 cm³/mol. The van der Waals surface area contributed by atoms with Crippen LogP contribution in [0.3, 0.4) is 0 Å². The number of halogens is 1. The minimum Gasteiger partial charge on any atom is -0.478 e. The van der Waals surface area contributed by atoms with Gasteiger partial charge in [0.25, 0.3) is 5.91 Å². The molecule has 4 aromatic rings. The molecule has 1 aliphatic rings. The first kappa shape index (κ1) is 35.0. The molecule has 0 radical (unpaired) electrons. The van der Waals surface area contributed by atoms with Gasteiger partial charge in [-0.2, -0.15) is 0 Å². The number of anilines is 1. The summed E-state index contributed by atoms with van der Waals surface area (Å²) >= 11 is 0. The molecule has 0 aliphatic heterocycles. The number of hydrogen-bond acceptors (Lipinski definition) is 8. The molecule has 1 aromatic heterocycles. The van der Waals surface area contributed by atoms with Gasteiger partial charge in [-0.3, -0.25) is 9.10 Å². The molecule has 5 rings (SSSR count). The molecule has 0 spiro atoms. The highest BCUT2D eigenvalue weighted by Crippen LogP contribution is 2.48. The normalized spacial score (nSPS) is 13.2. The fourth-order valence-electron chi connectivity index (χ4n) is 5.55. The van der Waals surface area contributed by atoms with Gasteiger partial charge < -0.3 is 29.1 Å². The van der Waals surface area contributed by atoms with Crippen molar-refractivity contribution in [1.29, 1.82) is 0 Å². The number of carbonyl (C=O) groups is 2. The summed E-state index contributed by atoms with van der Waals surface area (Å²) in [6, 6.07) is 14.2. The summed E-state index contributed by atoms with van der Waals surface area (Å²) in [5, 5.41) is 12.4. The smallest absolute Gasteiger partial charge is 0.335 e. The Morgan fingerprint density at radius 3 is 2.27 bits per heavy atom. The van der Waals surface area contributed by atoms with Gasteiger partial charge in [0.2, 0.25) is 10.0 Å². The maximum atomic E-state index is 13.7. The lowest BCUT2D eigenvalue weighted by atomic mass is 10.0. The number of amides is 1. The lowest BCUT2D eigenvalue weighted by molar-refractivity contribution is 0.0120. The van der Waals surface area contributed by atoms with Gasteiger partial charge in [0, 0.05) is 24.1 Å². The number of furan rings is 1. The van der Waals surface area contributed by atoms with Gasteiger partial charge in [-0.25, -0.2) is 17.6 Å². The Morgan fingerprint density at radius 2 is 1.65 bits per heavy atom. The number of carboxylic acids is 1. The van der Waals surface area contributed by atoms with E-state index in [1.165, 1.54) is 35.6 Å². The number of aromatic carboxylic acids is 1. The van der Waals surface area contributed by atoms with Gasteiger partial charge in [0.05, 0.1) is 69.3 Å². The fraction of sp³-hybridized carbons (Fsp3) is 0.371. The van der Waals surface area contributed by atoms with E-state index < -0.39 is 21.8 Å². The monoisotopic (exact) mass is 682 g/mol. The second kappa shape index (κ2) is 15.3. The van der Waals surface area contributed by atoms with Crippen molar-refractivity contribution in [3.63, 3.8) is 0 Å². The van der Waals surface area contributed by atoms with Crippen molar-refractivity contribution in [2.45, 2.75) is 32.3 Å². The highest BCUT2D eigenvalue weighted by molar-refractivity contribution is 7.92. The molecule has 48 heavy (non-hydrogen) atoms. The average molecular weight is 683 g/mol. The number of carboxylic acid groups (broad SMARTS) is 1. The van der Waals surface area contributed by atoms with Crippen LogP contribution < -0.4 is 9.62 Å². The third-order valence-corrected chi connectivity index (χ3v) is 9.10. The highest BCUT2D eigenvalue weighted by atomic mass is 32.2. The number of sulfonamides is 1. The van der Waals surface area contributed by atoms with E-state index in [-0.39, 0.29) is 56.1 Å². The zero-order chi connectivity index (χ0) is 34.4. The SMILES string of the molecule is CNC(=O)c1c(-c2ccc(F)cc2)oc2cc(N(CCOCCOCCOCc3cc(C)cc(C(=O)O)c3)S(C)(=O)=O)c(C3CC3)cc12. The van der Waals surface area contributed by atoms with Gasteiger partial charge in [-0.15, -0.1) is 0 Å². The van der Waals surface area contributed by atoms with Crippen LogP contribution in [0.5, 0.6) is 0 Å². The summed E-state index contributed by atoms with van der Waals surface area (Å²) < 4.78 is 64.1. The number of aryl methyl sites for hydroxylation is 1. The average Bonchev–Trinajstić information content (AvgIpc) is 3.82. The minimum atomic E-state index is -3.73. The van der Waals surface area contributed by atoms with Crippen LogP contribution in [-0.2, 0) is 30.8 Å². The molecule has 0 saturated heterocycles. The van der Waals surface area contributed by atoms with E-state index in [9.17, 15) is 27.5 Å². The second-order valence-electron chi connectivity index (χ2n) is 11.7. The molecule has 1 saturated carbocycles. The first-order valence-corrected chi connectivity index (χ1v) is 17.4. The van der Waals surface area contributed by atoms with Crippen LogP contribution in [0.4, 0.5) is 10.1 Å². The van der Waals surface area contributed by atoms with Gasteiger partial charge in [0.1, 0.15) is 17.2 Å². The van der Waals surface area contributed by atoms with Crippen LogP contribution in [0.25, 0.3) is 22.3 Å². The molecule has 3 aromatic carbocycles. The summed E-state index contributed by atoms with van der Waals surface area (Å²) in [4.78, 5) is 24.3. The van der Waals surface area contributed by atoms with Crippen LogP contribution in [-0.4, -0.2) is 78.3 Å². The number of nitrogens with one attached hydrogen (secondary N) is 1. The van der Waals surface area contributed by atoms with Crippen LogP contribution >= 0.6 is 0 Å².